The minimum atomic E-state index is -1.00. The van der Waals surface area contributed by atoms with E-state index in [0.717, 1.165) is 19.6 Å². The number of carboxylic acid groups (broad SMARTS) is 1. The Labute approximate surface area is 107 Å². The molecule has 6 nitrogen and oxygen atoms in total. The van der Waals surface area contributed by atoms with E-state index in [1.807, 2.05) is 0 Å². The van der Waals surface area contributed by atoms with E-state index < -0.39 is 5.97 Å². The molecule has 1 saturated heterocycles. The van der Waals surface area contributed by atoms with E-state index >= 15 is 0 Å². The van der Waals surface area contributed by atoms with Gasteiger partial charge in [-0.15, -0.1) is 6.58 Å². The van der Waals surface area contributed by atoms with Crippen LogP contribution in [0.1, 0.15) is 6.92 Å². The third kappa shape index (κ3) is 4.03. The van der Waals surface area contributed by atoms with Crippen molar-refractivity contribution in [2.45, 2.75) is 6.92 Å². The van der Waals surface area contributed by atoms with Crippen LogP contribution in [0.15, 0.2) is 12.7 Å². The van der Waals surface area contributed by atoms with E-state index in [-0.39, 0.29) is 19.1 Å². The van der Waals surface area contributed by atoms with Crippen molar-refractivity contribution in [1.29, 1.82) is 0 Å². The average molecular weight is 255 g/mol. The number of piperazine rings is 1. The van der Waals surface area contributed by atoms with E-state index in [1.165, 1.54) is 4.90 Å². The number of carboxylic acids is 1. The quantitative estimate of drug-likeness (QED) is 0.718. The lowest BCUT2D eigenvalue weighted by Crippen LogP contribution is -2.53. The molecule has 1 aliphatic heterocycles. The van der Waals surface area contributed by atoms with E-state index in [1.54, 1.807) is 11.0 Å². The summed E-state index contributed by atoms with van der Waals surface area (Å²) in [6, 6.07) is -0.215. The lowest BCUT2D eigenvalue weighted by Gasteiger charge is -2.36. The maximum absolute atomic E-state index is 12.1. The molecule has 6 heteroatoms. The van der Waals surface area contributed by atoms with Gasteiger partial charge in [-0.3, -0.25) is 4.79 Å². The lowest BCUT2D eigenvalue weighted by atomic mass is 10.3. The first-order chi connectivity index (χ1) is 8.58. The van der Waals surface area contributed by atoms with Gasteiger partial charge in [-0.05, 0) is 6.54 Å². The normalized spacial score (nSPS) is 16.4. The van der Waals surface area contributed by atoms with Gasteiger partial charge in [0.1, 0.15) is 6.54 Å². The maximum atomic E-state index is 12.1. The zero-order valence-electron chi connectivity index (χ0n) is 10.8. The third-order valence-electron chi connectivity index (χ3n) is 3.04. The number of carbonyl (C=O) groups is 2. The van der Waals surface area contributed by atoms with Crippen molar-refractivity contribution >= 4 is 12.0 Å². The van der Waals surface area contributed by atoms with Crippen LogP contribution in [-0.4, -0.2) is 77.6 Å². The fraction of sp³-hybridized carbons (Fsp3) is 0.667. The number of nitrogens with zero attached hydrogens (tertiary/aromatic N) is 3. The molecule has 18 heavy (non-hydrogen) atoms. The Bertz CT molecular complexity index is 312. The molecule has 0 atom stereocenters. The summed E-state index contributed by atoms with van der Waals surface area (Å²) in [7, 11) is 0. The molecule has 2 amide bonds. The number of likely N-dealkylation sites (N-methyl/N-ethyl adjacent to an activating group) is 1. The standard InChI is InChI=1S/C12H21N3O3/c1-3-5-15(10-11(16)17)12(18)14-8-6-13(4-2)7-9-14/h3H,1,4-10H2,2H3,(H,16,17). The van der Waals surface area contributed by atoms with E-state index in [9.17, 15) is 9.59 Å². The highest BCUT2D eigenvalue weighted by Crippen LogP contribution is 2.05. The number of hydrogen-bond acceptors (Lipinski definition) is 3. The number of urea groups is 1. The SMILES string of the molecule is C=CCN(CC(=O)O)C(=O)N1CCN(CC)CC1. The summed E-state index contributed by atoms with van der Waals surface area (Å²) in [5, 5.41) is 8.78. The molecule has 1 heterocycles. The summed E-state index contributed by atoms with van der Waals surface area (Å²) in [6.07, 6.45) is 1.54. The van der Waals surface area contributed by atoms with Gasteiger partial charge in [-0.1, -0.05) is 13.0 Å². The van der Waals surface area contributed by atoms with Gasteiger partial charge in [-0.25, -0.2) is 4.79 Å². The fourth-order valence-electron chi connectivity index (χ4n) is 1.98. The van der Waals surface area contributed by atoms with Gasteiger partial charge in [0.25, 0.3) is 0 Å². The molecule has 0 aromatic carbocycles. The Hall–Kier alpha value is -1.56. The Kier molecular flexibility index (Phi) is 5.64. The molecule has 1 rings (SSSR count). The molecule has 0 aliphatic carbocycles. The lowest BCUT2D eigenvalue weighted by molar-refractivity contribution is -0.137. The number of aliphatic carboxylic acids is 1. The van der Waals surface area contributed by atoms with E-state index in [2.05, 4.69) is 18.4 Å². The Balaban J connectivity index is 2.55. The van der Waals surface area contributed by atoms with Crippen LogP contribution < -0.4 is 0 Å². The Morgan fingerprint density at radius 2 is 1.94 bits per heavy atom. The van der Waals surface area contributed by atoms with Crippen molar-refractivity contribution in [2.75, 3.05) is 45.8 Å². The monoisotopic (exact) mass is 255 g/mol. The number of amides is 2. The second-order valence-electron chi connectivity index (χ2n) is 4.27. The number of hydrogen-bond donors (Lipinski definition) is 1. The topological polar surface area (TPSA) is 64.1 Å². The molecular formula is C12H21N3O3. The minimum absolute atomic E-state index is 0.215. The Morgan fingerprint density at radius 3 is 2.39 bits per heavy atom. The van der Waals surface area contributed by atoms with E-state index in [0.29, 0.717) is 13.1 Å². The van der Waals surface area contributed by atoms with Crippen LogP contribution in [0.5, 0.6) is 0 Å². The highest BCUT2D eigenvalue weighted by atomic mass is 16.4. The molecule has 0 spiro atoms. The molecule has 0 saturated carbocycles. The molecule has 0 aromatic heterocycles. The summed E-state index contributed by atoms with van der Waals surface area (Å²) in [6.45, 7) is 9.59. The minimum Gasteiger partial charge on any atom is -0.480 e. The fourth-order valence-corrected chi connectivity index (χ4v) is 1.98. The van der Waals surface area contributed by atoms with Crippen LogP contribution in [0.2, 0.25) is 0 Å². The van der Waals surface area contributed by atoms with Crippen molar-refractivity contribution in [3.63, 3.8) is 0 Å². The molecule has 0 radical (unpaired) electrons. The molecule has 1 aliphatic rings. The predicted molar refractivity (Wildman–Crippen MR) is 68.5 cm³/mol. The van der Waals surface area contributed by atoms with E-state index in [4.69, 9.17) is 5.11 Å². The van der Waals surface area contributed by atoms with Crippen molar-refractivity contribution in [3.8, 4) is 0 Å². The largest absolute Gasteiger partial charge is 0.480 e. The molecule has 0 bridgehead atoms. The van der Waals surface area contributed by atoms with Crippen LogP contribution in [0, 0.1) is 0 Å². The van der Waals surface area contributed by atoms with Crippen LogP contribution in [0.25, 0.3) is 0 Å². The van der Waals surface area contributed by atoms with Crippen molar-refractivity contribution in [1.82, 2.24) is 14.7 Å². The third-order valence-corrected chi connectivity index (χ3v) is 3.04. The van der Waals surface area contributed by atoms with Crippen LogP contribution in [0.3, 0.4) is 0 Å². The maximum Gasteiger partial charge on any atom is 0.323 e. The van der Waals surface area contributed by atoms with Gasteiger partial charge >= 0.3 is 12.0 Å². The highest BCUT2D eigenvalue weighted by Gasteiger charge is 2.25. The first kappa shape index (κ1) is 14.5. The first-order valence-corrected chi connectivity index (χ1v) is 6.17. The molecule has 0 aromatic rings. The Morgan fingerprint density at radius 1 is 1.33 bits per heavy atom. The summed E-state index contributed by atoms with van der Waals surface area (Å²) in [5.74, 6) is -1.00. The summed E-state index contributed by atoms with van der Waals surface area (Å²) in [4.78, 5) is 28.1. The smallest absolute Gasteiger partial charge is 0.323 e. The molecular weight excluding hydrogens is 234 g/mol. The van der Waals surface area contributed by atoms with Gasteiger partial charge in [0.15, 0.2) is 0 Å². The second-order valence-corrected chi connectivity index (χ2v) is 4.27. The van der Waals surface area contributed by atoms with Gasteiger partial charge in [0.2, 0.25) is 0 Å². The molecule has 102 valence electrons. The summed E-state index contributed by atoms with van der Waals surface area (Å²) < 4.78 is 0. The van der Waals surface area contributed by atoms with Crippen molar-refractivity contribution in [2.24, 2.45) is 0 Å². The molecule has 1 N–H and O–H groups in total. The summed E-state index contributed by atoms with van der Waals surface area (Å²) >= 11 is 0. The van der Waals surface area contributed by atoms with Gasteiger partial charge < -0.3 is 19.8 Å². The first-order valence-electron chi connectivity index (χ1n) is 6.17. The number of carbonyl (C=O) groups excluding carboxylic acids is 1. The van der Waals surface area contributed by atoms with Crippen LogP contribution >= 0.6 is 0 Å². The molecule has 0 unspecified atom stereocenters. The van der Waals surface area contributed by atoms with Gasteiger partial charge in [0.05, 0.1) is 0 Å². The number of rotatable bonds is 5. The van der Waals surface area contributed by atoms with Crippen molar-refractivity contribution < 1.29 is 14.7 Å². The average Bonchev–Trinajstić information content (AvgIpc) is 2.37. The van der Waals surface area contributed by atoms with Gasteiger partial charge in [0, 0.05) is 32.7 Å². The predicted octanol–water partition coefficient (Wildman–Crippen LogP) is 0.317. The van der Waals surface area contributed by atoms with Crippen molar-refractivity contribution in [3.05, 3.63) is 12.7 Å². The zero-order chi connectivity index (χ0) is 13.5. The molecule has 1 fully saturated rings. The van der Waals surface area contributed by atoms with Gasteiger partial charge in [-0.2, -0.15) is 0 Å². The van der Waals surface area contributed by atoms with Crippen LogP contribution in [0.4, 0.5) is 4.79 Å². The zero-order valence-corrected chi connectivity index (χ0v) is 10.8. The second kappa shape index (κ2) is 7.00. The summed E-state index contributed by atoms with van der Waals surface area (Å²) in [5.41, 5.74) is 0. The highest BCUT2D eigenvalue weighted by molar-refractivity contribution is 5.80. The van der Waals surface area contributed by atoms with Crippen LogP contribution in [-0.2, 0) is 4.79 Å².